The summed E-state index contributed by atoms with van der Waals surface area (Å²) in [5, 5.41) is 13.7. The number of phenolic OH excluding ortho intramolecular Hbond substituents is 1. The molecule has 0 aliphatic carbocycles. The molecule has 2 heteroatoms. The van der Waals surface area contributed by atoms with E-state index in [0.717, 1.165) is 37.9 Å². The van der Waals surface area contributed by atoms with Gasteiger partial charge < -0.3 is 10.4 Å². The van der Waals surface area contributed by atoms with Gasteiger partial charge in [0.2, 0.25) is 0 Å². The van der Waals surface area contributed by atoms with Gasteiger partial charge >= 0.3 is 0 Å². The van der Waals surface area contributed by atoms with Crippen molar-refractivity contribution in [1.29, 1.82) is 0 Å². The van der Waals surface area contributed by atoms with Crippen LogP contribution in [0.5, 0.6) is 5.75 Å². The number of rotatable bonds is 10. The van der Waals surface area contributed by atoms with Crippen LogP contribution in [0.2, 0.25) is 0 Å². The number of aromatic hydroxyl groups is 1. The van der Waals surface area contributed by atoms with Crippen molar-refractivity contribution in [2.24, 2.45) is 0 Å². The average molecular weight is 311 g/mol. The fourth-order valence-corrected chi connectivity index (χ4v) is 2.91. The highest BCUT2D eigenvalue weighted by molar-refractivity contribution is 5.40. The van der Waals surface area contributed by atoms with Crippen LogP contribution in [0.15, 0.2) is 48.5 Å². The van der Waals surface area contributed by atoms with E-state index in [9.17, 15) is 5.11 Å². The van der Waals surface area contributed by atoms with E-state index in [1.54, 1.807) is 6.07 Å². The molecular weight excluding hydrogens is 282 g/mol. The van der Waals surface area contributed by atoms with Gasteiger partial charge in [0.05, 0.1) is 0 Å². The molecule has 124 valence electrons. The topological polar surface area (TPSA) is 32.3 Å². The second-order valence-electron chi connectivity index (χ2n) is 6.11. The molecule has 2 N–H and O–H groups in total. The highest BCUT2D eigenvalue weighted by Gasteiger charge is 2.08. The van der Waals surface area contributed by atoms with Crippen LogP contribution in [-0.4, -0.2) is 18.2 Å². The Bertz CT molecular complexity index is 565. The number of benzene rings is 2. The maximum absolute atomic E-state index is 10.2. The average Bonchev–Trinajstić information content (AvgIpc) is 2.58. The quantitative estimate of drug-likeness (QED) is 0.633. The molecule has 2 aromatic carbocycles. The van der Waals surface area contributed by atoms with Crippen LogP contribution in [0.3, 0.4) is 0 Å². The van der Waals surface area contributed by atoms with Crippen LogP contribution in [0.4, 0.5) is 0 Å². The highest BCUT2D eigenvalue weighted by Crippen LogP contribution is 2.23. The minimum absolute atomic E-state index is 0.435. The minimum atomic E-state index is 0.435. The van der Waals surface area contributed by atoms with Gasteiger partial charge in [0, 0.05) is 0 Å². The summed E-state index contributed by atoms with van der Waals surface area (Å²) in [5.41, 5.74) is 3.69. The molecule has 0 spiro atoms. The molecule has 0 bridgehead atoms. The first-order valence-electron chi connectivity index (χ1n) is 8.85. The zero-order valence-electron chi connectivity index (χ0n) is 14.2. The van der Waals surface area contributed by atoms with Gasteiger partial charge in [0.15, 0.2) is 0 Å². The van der Waals surface area contributed by atoms with Crippen LogP contribution >= 0.6 is 0 Å². The third kappa shape index (κ3) is 6.07. The summed E-state index contributed by atoms with van der Waals surface area (Å²) in [6.07, 6.45) is 6.64. The van der Waals surface area contributed by atoms with Crippen molar-refractivity contribution in [3.63, 3.8) is 0 Å². The molecule has 0 aliphatic rings. The Labute approximate surface area is 140 Å². The molecule has 0 radical (unpaired) electrons. The molecule has 0 unspecified atom stereocenters. The van der Waals surface area contributed by atoms with Gasteiger partial charge in [-0.15, -0.1) is 0 Å². The maximum atomic E-state index is 10.2. The van der Waals surface area contributed by atoms with Crippen molar-refractivity contribution in [1.82, 2.24) is 5.32 Å². The Morgan fingerprint density at radius 1 is 0.826 bits per heavy atom. The Balaban J connectivity index is 1.88. The summed E-state index contributed by atoms with van der Waals surface area (Å²) in [6.45, 7) is 4.29. The first-order valence-corrected chi connectivity index (χ1v) is 8.85. The first kappa shape index (κ1) is 17.6. The Morgan fingerprint density at radius 3 is 2.43 bits per heavy atom. The van der Waals surface area contributed by atoms with Gasteiger partial charge in [-0.25, -0.2) is 0 Å². The molecule has 0 heterocycles. The van der Waals surface area contributed by atoms with Crippen LogP contribution in [0.25, 0.3) is 0 Å². The van der Waals surface area contributed by atoms with E-state index in [0.29, 0.717) is 5.75 Å². The summed E-state index contributed by atoms with van der Waals surface area (Å²) in [6, 6.07) is 16.4. The predicted octanol–water partition coefficient (Wildman–Crippen LogP) is 4.50. The van der Waals surface area contributed by atoms with Gasteiger partial charge in [-0.3, -0.25) is 0 Å². The van der Waals surface area contributed by atoms with Gasteiger partial charge in [0.1, 0.15) is 5.75 Å². The fraction of sp³-hybridized carbons (Fsp3) is 0.429. The molecule has 0 saturated heterocycles. The monoisotopic (exact) mass is 311 g/mol. The van der Waals surface area contributed by atoms with Gasteiger partial charge in [-0.1, -0.05) is 62.2 Å². The molecule has 0 aromatic heterocycles. The molecule has 0 atom stereocenters. The molecule has 2 aromatic rings. The van der Waals surface area contributed by atoms with Crippen molar-refractivity contribution >= 4 is 0 Å². The van der Waals surface area contributed by atoms with E-state index in [2.05, 4.69) is 42.6 Å². The van der Waals surface area contributed by atoms with E-state index in [-0.39, 0.29) is 0 Å². The second-order valence-corrected chi connectivity index (χ2v) is 6.11. The van der Waals surface area contributed by atoms with Crippen LogP contribution in [0.1, 0.15) is 42.9 Å². The first-order chi connectivity index (χ1) is 11.3. The van der Waals surface area contributed by atoms with E-state index in [4.69, 9.17) is 0 Å². The summed E-state index contributed by atoms with van der Waals surface area (Å²) in [4.78, 5) is 0. The van der Waals surface area contributed by atoms with Gasteiger partial charge in [-0.05, 0) is 61.5 Å². The summed E-state index contributed by atoms with van der Waals surface area (Å²) >= 11 is 0. The van der Waals surface area contributed by atoms with E-state index < -0.39 is 0 Å². The van der Waals surface area contributed by atoms with Crippen LogP contribution in [0, 0.1) is 0 Å². The Kier molecular flexibility index (Phi) is 7.68. The minimum Gasteiger partial charge on any atom is -0.508 e. The van der Waals surface area contributed by atoms with Crippen LogP contribution in [-0.2, 0) is 19.3 Å². The number of hydrogen-bond acceptors (Lipinski definition) is 2. The number of unbranched alkanes of at least 4 members (excludes halogenated alkanes) is 2. The molecule has 2 rings (SSSR count). The van der Waals surface area contributed by atoms with Crippen molar-refractivity contribution in [2.75, 3.05) is 13.1 Å². The summed E-state index contributed by atoms with van der Waals surface area (Å²) < 4.78 is 0. The smallest absolute Gasteiger partial charge is 0.119 e. The molecule has 2 nitrogen and oxygen atoms in total. The van der Waals surface area contributed by atoms with Crippen molar-refractivity contribution < 1.29 is 5.11 Å². The second kappa shape index (κ2) is 10.1. The largest absolute Gasteiger partial charge is 0.508 e. The third-order valence-corrected chi connectivity index (χ3v) is 4.28. The number of phenols is 1. The SMILES string of the molecule is CCCCCNCCc1cccc(O)c1CCc1ccccc1. The van der Waals surface area contributed by atoms with Gasteiger partial charge in [0.25, 0.3) is 0 Å². The van der Waals surface area contributed by atoms with E-state index >= 15 is 0 Å². The molecule has 0 amide bonds. The lowest BCUT2D eigenvalue weighted by atomic mass is 9.97. The number of hydrogen-bond donors (Lipinski definition) is 2. The van der Waals surface area contributed by atoms with Crippen LogP contribution < -0.4 is 5.32 Å². The normalized spacial score (nSPS) is 10.8. The van der Waals surface area contributed by atoms with Gasteiger partial charge in [-0.2, -0.15) is 0 Å². The predicted molar refractivity (Wildman–Crippen MR) is 98.1 cm³/mol. The molecule has 0 aliphatic heterocycles. The van der Waals surface area contributed by atoms with Crippen molar-refractivity contribution in [3.8, 4) is 5.75 Å². The molecular formula is C21H29NO. The lowest BCUT2D eigenvalue weighted by molar-refractivity contribution is 0.466. The molecule has 0 saturated carbocycles. The molecule has 23 heavy (non-hydrogen) atoms. The van der Waals surface area contributed by atoms with E-state index in [1.165, 1.54) is 30.4 Å². The number of nitrogens with one attached hydrogen (secondary N) is 1. The fourth-order valence-electron chi connectivity index (χ4n) is 2.91. The van der Waals surface area contributed by atoms with Crippen molar-refractivity contribution in [3.05, 3.63) is 65.2 Å². The zero-order valence-corrected chi connectivity index (χ0v) is 14.2. The highest BCUT2D eigenvalue weighted by atomic mass is 16.3. The third-order valence-electron chi connectivity index (χ3n) is 4.28. The zero-order chi connectivity index (χ0) is 16.3. The lowest BCUT2D eigenvalue weighted by Gasteiger charge is -2.12. The van der Waals surface area contributed by atoms with E-state index in [1.807, 2.05) is 12.1 Å². The number of aryl methyl sites for hydroxylation is 1. The lowest BCUT2D eigenvalue weighted by Crippen LogP contribution is -2.19. The Hall–Kier alpha value is -1.80. The van der Waals surface area contributed by atoms with Crippen molar-refractivity contribution in [2.45, 2.75) is 45.4 Å². The Morgan fingerprint density at radius 2 is 1.65 bits per heavy atom. The summed E-state index contributed by atoms with van der Waals surface area (Å²) in [5.74, 6) is 0.435. The standard InChI is InChI=1S/C21H29NO/c1-2-3-7-16-22-17-15-19-11-8-12-21(23)20(19)14-13-18-9-5-4-6-10-18/h4-6,8-12,22-23H,2-3,7,13-17H2,1H3. The molecule has 0 fully saturated rings. The summed E-state index contributed by atoms with van der Waals surface area (Å²) in [7, 11) is 0. The maximum Gasteiger partial charge on any atom is 0.119 e.